The third kappa shape index (κ3) is 14.2. The number of imide groups is 1. The topological polar surface area (TPSA) is 107 Å². The molecule has 3 aliphatic heterocycles. The third-order valence-electron chi connectivity index (χ3n) is 7.13. The second-order valence-electron chi connectivity index (χ2n) is 11.3. The maximum absolute atomic E-state index is 10.9. The van der Waals surface area contributed by atoms with E-state index < -0.39 is 5.60 Å². The molecule has 1 fully saturated rings. The van der Waals surface area contributed by atoms with E-state index in [1.165, 1.54) is 18.2 Å². The third-order valence-corrected chi connectivity index (χ3v) is 7.87. The minimum Gasteiger partial charge on any atom is -0.390 e. The molecule has 4 aliphatic rings. The Kier molecular flexibility index (Phi) is 19.3. The summed E-state index contributed by atoms with van der Waals surface area (Å²) >= 11 is 1.32. The number of aliphatic hydroxyl groups is 1. The lowest BCUT2D eigenvalue weighted by Crippen LogP contribution is -2.43. The molecule has 1 aliphatic carbocycles. The minimum atomic E-state index is -0.487. The molecule has 4 rings (SSSR count). The van der Waals surface area contributed by atoms with Gasteiger partial charge in [-0.2, -0.15) is 0 Å². The molecule has 258 valence electrons. The van der Waals surface area contributed by atoms with Gasteiger partial charge in [-0.25, -0.2) is 18.7 Å². The van der Waals surface area contributed by atoms with Gasteiger partial charge in [0.15, 0.2) is 5.82 Å². The summed E-state index contributed by atoms with van der Waals surface area (Å²) in [6.45, 7) is 23.2. The van der Waals surface area contributed by atoms with Gasteiger partial charge in [-0.3, -0.25) is 14.9 Å². The predicted octanol–water partition coefficient (Wildman–Crippen LogP) is 8.74. The van der Waals surface area contributed by atoms with Crippen LogP contribution in [0, 0.1) is 17.8 Å². The van der Waals surface area contributed by atoms with Crippen LogP contribution in [0.5, 0.6) is 0 Å². The SMILES string of the molecule is C/C=C\C=C/C1=CC(=O)NC1=O.C=CC.C=CC(C)/C=C/C1=C(/N=C/C(/C=C\C(C)C2CC(C)(O)C2)=C/C)N2SN=CC=C2N=C1.CC. The molecule has 0 aromatic carbocycles. The zero-order valence-electron chi connectivity index (χ0n) is 29.8. The van der Waals surface area contributed by atoms with Crippen molar-refractivity contribution in [3.63, 3.8) is 0 Å². The lowest BCUT2D eigenvalue weighted by atomic mass is 9.67. The fourth-order valence-electron chi connectivity index (χ4n) is 4.45. The van der Waals surface area contributed by atoms with E-state index in [0.717, 1.165) is 35.6 Å². The highest BCUT2D eigenvalue weighted by Crippen LogP contribution is 2.42. The first-order valence-electron chi connectivity index (χ1n) is 16.3. The van der Waals surface area contributed by atoms with Crippen molar-refractivity contribution in [3.8, 4) is 0 Å². The van der Waals surface area contributed by atoms with Gasteiger partial charge in [0, 0.05) is 41.9 Å². The van der Waals surface area contributed by atoms with Crippen molar-refractivity contribution in [1.82, 2.24) is 9.62 Å². The number of carbonyl (C=O) groups is 2. The number of carbonyl (C=O) groups excluding carboxylic acids is 2. The van der Waals surface area contributed by atoms with Gasteiger partial charge in [0.2, 0.25) is 0 Å². The molecule has 2 unspecified atom stereocenters. The summed E-state index contributed by atoms with van der Waals surface area (Å²) in [5.74, 6) is 2.15. The average molecular weight is 672 g/mol. The molecule has 0 saturated heterocycles. The van der Waals surface area contributed by atoms with Gasteiger partial charge in [-0.05, 0) is 69.9 Å². The van der Waals surface area contributed by atoms with Crippen LogP contribution in [0.15, 0.2) is 135 Å². The van der Waals surface area contributed by atoms with Gasteiger partial charge in [0.05, 0.1) is 5.60 Å². The van der Waals surface area contributed by atoms with Crippen molar-refractivity contribution in [1.29, 1.82) is 0 Å². The maximum atomic E-state index is 10.9. The zero-order chi connectivity index (χ0) is 36.1. The Morgan fingerprint density at radius 1 is 1.15 bits per heavy atom. The van der Waals surface area contributed by atoms with E-state index in [9.17, 15) is 14.7 Å². The predicted molar refractivity (Wildman–Crippen MR) is 206 cm³/mol. The number of hydrogen-bond donors (Lipinski definition) is 2. The Labute approximate surface area is 292 Å². The Bertz CT molecular complexity index is 1460. The van der Waals surface area contributed by atoms with Gasteiger partial charge in [0.25, 0.3) is 11.8 Å². The highest BCUT2D eigenvalue weighted by atomic mass is 32.2. The number of hydrogen-bond acceptors (Lipinski definition) is 8. The first-order valence-corrected chi connectivity index (χ1v) is 17.1. The number of aliphatic imine (C=N–C) groups is 2. The van der Waals surface area contributed by atoms with Crippen LogP contribution < -0.4 is 5.32 Å². The van der Waals surface area contributed by atoms with E-state index >= 15 is 0 Å². The van der Waals surface area contributed by atoms with Crippen molar-refractivity contribution in [3.05, 3.63) is 121 Å². The van der Waals surface area contributed by atoms with Crippen LogP contribution in [-0.2, 0) is 9.59 Å². The number of rotatable bonds is 10. The summed E-state index contributed by atoms with van der Waals surface area (Å²) in [5.41, 5.74) is 1.88. The molecule has 0 aromatic rings. The van der Waals surface area contributed by atoms with Gasteiger partial charge >= 0.3 is 0 Å². The molecular formula is C39H53N5O3S. The van der Waals surface area contributed by atoms with Crippen molar-refractivity contribution < 1.29 is 14.7 Å². The second kappa shape index (κ2) is 22.3. The number of nitrogens with zero attached hydrogens (tertiary/aromatic N) is 4. The quantitative estimate of drug-likeness (QED) is 0.0794. The summed E-state index contributed by atoms with van der Waals surface area (Å²) in [7, 11) is 0. The van der Waals surface area contributed by atoms with Crippen LogP contribution in [-0.4, -0.2) is 45.5 Å². The number of fused-ring (bicyclic) bond motifs is 1. The fourth-order valence-corrected chi connectivity index (χ4v) is 5.08. The summed E-state index contributed by atoms with van der Waals surface area (Å²) in [5, 5.41) is 12.1. The van der Waals surface area contributed by atoms with E-state index in [4.69, 9.17) is 4.99 Å². The second-order valence-corrected chi connectivity index (χ2v) is 12.0. The molecule has 2 amide bonds. The van der Waals surface area contributed by atoms with Crippen LogP contribution in [0.2, 0.25) is 0 Å². The van der Waals surface area contributed by atoms with E-state index in [2.05, 4.69) is 66.0 Å². The molecule has 0 spiro atoms. The fraction of sp³-hybridized carbons (Fsp3) is 0.359. The van der Waals surface area contributed by atoms with Crippen LogP contribution >= 0.6 is 12.1 Å². The highest BCUT2D eigenvalue weighted by molar-refractivity contribution is 7.96. The molecule has 2 atom stereocenters. The number of nitrogens with one attached hydrogen (secondary N) is 1. The Morgan fingerprint density at radius 2 is 1.83 bits per heavy atom. The van der Waals surface area contributed by atoms with E-state index in [0.29, 0.717) is 17.4 Å². The molecule has 3 heterocycles. The average Bonchev–Trinajstić information content (AvgIpc) is 3.40. The van der Waals surface area contributed by atoms with E-state index in [-0.39, 0.29) is 17.7 Å². The molecule has 8 nitrogen and oxygen atoms in total. The zero-order valence-corrected chi connectivity index (χ0v) is 30.6. The number of amides is 2. The molecule has 0 aromatic heterocycles. The molecule has 2 N–H and O–H groups in total. The highest BCUT2D eigenvalue weighted by Gasteiger charge is 2.40. The smallest absolute Gasteiger partial charge is 0.258 e. The monoisotopic (exact) mass is 671 g/mol. The van der Waals surface area contributed by atoms with Crippen molar-refractivity contribution in [2.45, 2.75) is 73.8 Å². The Morgan fingerprint density at radius 3 is 2.40 bits per heavy atom. The molecule has 9 heteroatoms. The van der Waals surface area contributed by atoms with E-state index in [1.54, 1.807) is 30.5 Å². The molecule has 0 radical (unpaired) electrons. The summed E-state index contributed by atoms with van der Waals surface area (Å²) in [6, 6.07) is 0. The lowest BCUT2D eigenvalue weighted by Gasteiger charge is -2.43. The van der Waals surface area contributed by atoms with Gasteiger partial charge in [0.1, 0.15) is 18.0 Å². The first-order chi connectivity index (χ1) is 23.0. The van der Waals surface area contributed by atoms with Crippen LogP contribution in [0.3, 0.4) is 0 Å². The normalized spacial score (nSPS) is 23.1. The molecule has 48 heavy (non-hydrogen) atoms. The van der Waals surface area contributed by atoms with Crippen LogP contribution in [0.25, 0.3) is 0 Å². The van der Waals surface area contributed by atoms with Crippen LogP contribution in [0.1, 0.15) is 68.2 Å². The van der Waals surface area contributed by atoms with Crippen LogP contribution in [0.4, 0.5) is 0 Å². The van der Waals surface area contributed by atoms with Crippen molar-refractivity contribution in [2.24, 2.45) is 32.1 Å². The Balaban J connectivity index is 0.000000562. The Hall–Kier alpha value is -4.34. The molecule has 1 saturated carbocycles. The standard InChI is InChI=1S/C25H32N4OS.C9H9NO2.C3H6.C2H6/c1-6-18(3)8-11-21-17-26-23-12-13-28-31-29(23)24(21)27-16-20(7-2)10-9-19(4)22-14-25(5,30)15-22;1-2-3-4-5-7-6-8(11)10-9(7)12;1-3-2;1-2/h6-13,16-19,22,30H,1,14-15H2,2-5H3;2-6H,1H3,(H,10,11,12);3H,1H2,2H3;1-2H3/b10-9-,11-8+,20-7+,27-16+;3-2-,5-4-;;. The first kappa shape index (κ1) is 41.7. The largest absolute Gasteiger partial charge is 0.390 e. The number of allylic oxidation sites excluding steroid dienone is 13. The van der Waals surface area contributed by atoms with Gasteiger partial charge in [-0.1, -0.05) is 88.5 Å². The summed E-state index contributed by atoms with van der Waals surface area (Å²) in [4.78, 5) is 30.9. The van der Waals surface area contributed by atoms with Crippen molar-refractivity contribution >= 4 is 42.6 Å². The maximum Gasteiger partial charge on any atom is 0.258 e. The van der Waals surface area contributed by atoms with E-state index in [1.807, 2.05) is 82.6 Å². The van der Waals surface area contributed by atoms with Crippen molar-refractivity contribution in [2.75, 3.05) is 0 Å². The molecular weight excluding hydrogens is 619 g/mol. The summed E-state index contributed by atoms with van der Waals surface area (Å²) < 4.78 is 6.22. The van der Waals surface area contributed by atoms with Gasteiger partial charge in [-0.15, -0.1) is 13.2 Å². The lowest BCUT2D eigenvalue weighted by molar-refractivity contribution is -0.123. The van der Waals surface area contributed by atoms with Gasteiger partial charge < -0.3 is 5.11 Å². The summed E-state index contributed by atoms with van der Waals surface area (Å²) in [6.07, 6.45) is 31.5. The molecule has 0 bridgehead atoms. The minimum absolute atomic E-state index is 0.262.